The lowest BCUT2D eigenvalue weighted by Gasteiger charge is -2.10. The van der Waals surface area contributed by atoms with Crippen molar-refractivity contribution >= 4 is 23.3 Å². The molecule has 2 aromatic rings. The Morgan fingerprint density at radius 3 is 2.57 bits per heavy atom. The van der Waals surface area contributed by atoms with Gasteiger partial charge in [-0.2, -0.15) is 0 Å². The Labute approximate surface area is 120 Å². The summed E-state index contributed by atoms with van der Waals surface area (Å²) in [6.07, 6.45) is 0. The van der Waals surface area contributed by atoms with Gasteiger partial charge in [0.05, 0.1) is 5.69 Å². The molecule has 0 aliphatic heterocycles. The maximum absolute atomic E-state index is 13.5. The number of carbonyl (C=O) groups is 2. The highest BCUT2D eigenvalue weighted by Gasteiger charge is 2.18. The first-order chi connectivity index (χ1) is 9.90. The molecule has 0 aliphatic rings. The smallest absolute Gasteiger partial charge is 0.340 e. The van der Waals surface area contributed by atoms with Crippen molar-refractivity contribution in [2.75, 3.05) is 11.1 Å². The second-order valence-electron chi connectivity index (χ2n) is 4.49. The number of nitrogens with one attached hydrogen (secondary N) is 1. The van der Waals surface area contributed by atoms with Gasteiger partial charge in [-0.05, 0) is 36.8 Å². The van der Waals surface area contributed by atoms with E-state index in [1.54, 1.807) is 19.1 Å². The monoisotopic (exact) mass is 288 g/mol. The van der Waals surface area contributed by atoms with Gasteiger partial charge in [-0.1, -0.05) is 12.1 Å². The molecule has 4 N–H and O–H groups in total. The van der Waals surface area contributed by atoms with E-state index in [0.717, 1.165) is 11.6 Å². The van der Waals surface area contributed by atoms with Crippen LogP contribution in [-0.4, -0.2) is 17.0 Å². The molecule has 0 aromatic heterocycles. The fourth-order valence-corrected chi connectivity index (χ4v) is 1.82. The van der Waals surface area contributed by atoms with Gasteiger partial charge in [0.2, 0.25) is 0 Å². The van der Waals surface area contributed by atoms with Crippen LogP contribution in [0.15, 0.2) is 36.4 Å². The molecule has 0 spiro atoms. The van der Waals surface area contributed by atoms with Crippen molar-refractivity contribution < 1.29 is 19.1 Å². The fourth-order valence-electron chi connectivity index (χ4n) is 1.82. The van der Waals surface area contributed by atoms with Gasteiger partial charge in [0, 0.05) is 11.3 Å². The van der Waals surface area contributed by atoms with Crippen molar-refractivity contribution in [1.29, 1.82) is 0 Å². The number of nitrogens with two attached hydrogens (primary N) is 1. The lowest BCUT2D eigenvalue weighted by atomic mass is 10.1. The summed E-state index contributed by atoms with van der Waals surface area (Å²) in [7, 11) is 0. The predicted octanol–water partition coefficient (Wildman–Crippen LogP) is 2.67. The number of benzene rings is 2. The number of amides is 1. The summed E-state index contributed by atoms with van der Waals surface area (Å²) < 4.78 is 13.5. The van der Waals surface area contributed by atoms with E-state index in [1.165, 1.54) is 18.2 Å². The largest absolute Gasteiger partial charge is 0.478 e. The first-order valence-electron chi connectivity index (χ1n) is 6.09. The SMILES string of the molecule is Cc1ccc(C(=O)Nc2cccc(F)c2C(=O)O)cc1N. The molecule has 2 aromatic carbocycles. The van der Waals surface area contributed by atoms with Crippen LogP contribution in [0.5, 0.6) is 0 Å². The number of halogens is 1. The van der Waals surface area contributed by atoms with E-state index in [2.05, 4.69) is 5.32 Å². The molecule has 0 heterocycles. The molecule has 0 saturated heterocycles. The summed E-state index contributed by atoms with van der Waals surface area (Å²) in [6.45, 7) is 1.80. The van der Waals surface area contributed by atoms with Crippen LogP contribution in [0.25, 0.3) is 0 Å². The Hall–Kier alpha value is -2.89. The van der Waals surface area contributed by atoms with Crippen molar-refractivity contribution in [2.45, 2.75) is 6.92 Å². The number of hydrogen-bond acceptors (Lipinski definition) is 3. The Morgan fingerprint density at radius 2 is 1.95 bits per heavy atom. The predicted molar refractivity (Wildman–Crippen MR) is 76.9 cm³/mol. The number of carboxylic acids is 1. The molecule has 0 saturated carbocycles. The molecule has 0 fully saturated rings. The van der Waals surface area contributed by atoms with Crippen LogP contribution < -0.4 is 11.1 Å². The molecular formula is C15H13FN2O3. The number of carboxylic acid groups (broad SMARTS) is 1. The quantitative estimate of drug-likeness (QED) is 0.757. The van der Waals surface area contributed by atoms with Gasteiger partial charge in [0.1, 0.15) is 11.4 Å². The highest BCUT2D eigenvalue weighted by atomic mass is 19.1. The zero-order chi connectivity index (χ0) is 15.6. The number of nitrogen functional groups attached to an aromatic ring is 1. The maximum Gasteiger partial charge on any atom is 0.340 e. The molecule has 6 heteroatoms. The van der Waals surface area contributed by atoms with E-state index >= 15 is 0 Å². The van der Waals surface area contributed by atoms with Crippen LogP contribution in [0.2, 0.25) is 0 Å². The summed E-state index contributed by atoms with van der Waals surface area (Å²) in [4.78, 5) is 23.1. The summed E-state index contributed by atoms with van der Waals surface area (Å²) in [5.41, 5.74) is 6.57. The standard InChI is InChI=1S/C15H13FN2O3/c1-8-5-6-9(7-11(8)17)14(19)18-12-4-2-3-10(16)13(12)15(20)21/h2-7H,17H2,1H3,(H,18,19)(H,20,21). The molecular weight excluding hydrogens is 275 g/mol. The molecule has 0 unspecified atom stereocenters. The highest BCUT2D eigenvalue weighted by molar-refractivity contribution is 6.08. The van der Waals surface area contributed by atoms with E-state index in [1.807, 2.05) is 0 Å². The van der Waals surface area contributed by atoms with Crippen molar-refractivity contribution in [2.24, 2.45) is 0 Å². The van der Waals surface area contributed by atoms with Crippen molar-refractivity contribution in [3.8, 4) is 0 Å². The molecule has 2 rings (SSSR count). The van der Waals surface area contributed by atoms with Crippen LogP contribution in [0.1, 0.15) is 26.3 Å². The minimum Gasteiger partial charge on any atom is -0.478 e. The zero-order valence-electron chi connectivity index (χ0n) is 11.2. The third-order valence-electron chi connectivity index (χ3n) is 3.02. The molecule has 0 aliphatic carbocycles. The molecule has 5 nitrogen and oxygen atoms in total. The summed E-state index contributed by atoms with van der Waals surface area (Å²) in [5, 5.41) is 11.4. The first-order valence-corrected chi connectivity index (χ1v) is 6.09. The number of carbonyl (C=O) groups excluding carboxylic acids is 1. The van der Waals surface area contributed by atoms with E-state index in [0.29, 0.717) is 5.69 Å². The van der Waals surface area contributed by atoms with E-state index in [4.69, 9.17) is 10.8 Å². The van der Waals surface area contributed by atoms with E-state index < -0.39 is 23.3 Å². The lowest BCUT2D eigenvalue weighted by molar-refractivity contribution is 0.0693. The Morgan fingerprint density at radius 1 is 1.24 bits per heavy atom. The summed E-state index contributed by atoms with van der Waals surface area (Å²) in [5.74, 6) is -2.93. The lowest BCUT2D eigenvalue weighted by Crippen LogP contribution is -2.16. The van der Waals surface area contributed by atoms with Gasteiger partial charge in [-0.15, -0.1) is 0 Å². The highest BCUT2D eigenvalue weighted by Crippen LogP contribution is 2.20. The Kier molecular flexibility index (Phi) is 3.89. The van der Waals surface area contributed by atoms with E-state index in [-0.39, 0.29) is 11.3 Å². The number of aryl methyl sites for hydroxylation is 1. The minimum atomic E-state index is -1.45. The van der Waals surface area contributed by atoms with Gasteiger partial charge < -0.3 is 16.2 Å². The molecule has 0 radical (unpaired) electrons. The number of rotatable bonds is 3. The molecule has 0 atom stereocenters. The zero-order valence-corrected chi connectivity index (χ0v) is 11.2. The van der Waals surface area contributed by atoms with Crippen LogP contribution in [-0.2, 0) is 0 Å². The van der Waals surface area contributed by atoms with Crippen molar-refractivity contribution in [3.63, 3.8) is 0 Å². The van der Waals surface area contributed by atoms with Gasteiger partial charge in [-0.25, -0.2) is 9.18 Å². The molecule has 21 heavy (non-hydrogen) atoms. The first kappa shape index (κ1) is 14.5. The summed E-state index contributed by atoms with van der Waals surface area (Å²) in [6, 6.07) is 8.37. The van der Waals surface area contributed by atoms with E-state index in [9.17, 15) is 14.0 Å². The van der Waals surface area contributed by atoms with Crippen LogP contribution in [0.3, 0.4) is 0 Å². The van der Waals surface area contributed by atoms with Crippen molar-refractivity contribution in [1.82, 2.24) is 0 Å². The van der Waals surface area contributed by atoms with Crippen LogP contribution in [0, 0.1) is 12.7 Å². The molecule has 1 amide bonds. The van der Waals surface area contributed by atoms with Gasteiger partial charge in [0.15, 0.2) is 0 Å². The van der Waals surface area contributed by atoms with Crippen LogP contribution in [0.4, 0.5) is 15.8 Å². The topological polar surface area (TPSA) is 92.4 Å². The third-order valence-corrected chi connectivity index (χ3v) is 3.02. The third kappa shape index (κ3) is 3.00. The second kappa shape index (κ2) is 5.62. The fraction of sp³-hybridized carbons (Fsp3) is 0.0667. The number of aromatic carboxylic acids is 1. The van der Waals surface area contributed by atoms with Crippen LogP contribution >= 0.6 is 0 Å². The second-order valence-corrected chi connectivity index (χ2v) is 4.49. The Balaban J connectivity index is 2.34. The summed E-state index contributed by atoms with van der Waals surface area (Å²) >= 11 is 0. The average molecular weight is 288 g/mol. The Bertz CT molecular complexity index is 729. The average Bonchev–Trinajstić information content (AvgIpc) is 2.41. The molecule has 0 bridgehead atoms. The van der Waals surface area contributed by atoms with Crippen molar-refractivity contribution in [3.05, 3.63) is 58.9 Å². The van der Waals surface area contributed by atoms with Gasteiger partial charge in [-0.3, -0.25) is 4.79 Å². The normalized spacial score (nSPS) is 10.2. The molecule has 108 valence electrons. The number of anilines is 2. The maximum atomic E-state index is 13.5. The number of hydrogen-bond donors (Lipinski definition) is 3. The van der Waals surface area contributed by atoms with Gasteiger partial charge >= 0.3 is 5.97 Å². The van der Waals surface area contributed by atoms with Gasteiger partial charge in [0.25, 0.3) is 5.91 Å². The minimum absolute atomic E-state index is 0.105.